The maximum absolute atomic E-state index is 13.3. The number of methoxy groups -OCH3 is 2. The van der Waals surface area contributed by atoms with Crippen molar-refractivity contribution >= 4 is 27.5 Å². The first-order valence-corrected chi connectivity index (χ1v) is 13.2. The third-order valence-corrected chi connectivity index (χ3v) is 6.83. The van der Waals surface area contributed by atoms with Crippen LogP contribution >= 0.6 is 0 Å². The van der Waals surface area contributed by atoms with Gasteiger partial charge >= 0.3 is 0 Å². The van der Waals surface area contributed by atoms with Gasteiger partial charge in [-0.2, -0.15) is 0 Å². The number of hydrogen-bond acceptors (Lipinski definition) is 6. The number of carbonyl (C=O) groups excluding carboxylic acids is 2. The summed E-state index contributed by atoms with van der Waals surface area (Å²) in [7, 11) is 1.08. The second-order valence-corrected chi connectivity index (χ2v) is 9.95. The molecule has 0 heterocycles. The summed E-state index contributed by atoms with van der Waals surface area (Å²) in [5.41, 5.74) is 1.32. The highest BCUT2D eigenvalue weighted by Crippen LogP contribution is 2.23. The number of nitrogens with zero attached hydrogens (tertiary/aromatic N) is 2. The van der Waals surface area contributed by atoms with Gasteiger partial charge in [0.05, 0.1) is 26.2 Å². The topological polar surface area (TPSA) is 105 Å². The molecule has 0 aliphatic rings. The molecule has 10 heteroatoms. The van der Waals surface area contributed by atoms with E-state index in [1.165, 1.54) is 18.5 Å². The largest absolute Gasteiger partial charge is 0.497 e. The lowest BCUT2D eigenvalue weighted by molar-refractivity contribution is -0.141. The normalized spacial score (nSPS) is 11.9. The summed E-state index contributed by atoms with van der Waals surface area (Å²) in [6.07, 6.45) is 1.94. The molecule has 2 aromatic rings. The predicted molar refractivity (Wildman–Crippen MR) is 136 cm³/mol. The van der Waals surface area contributed by atoms with Crippen LogP contribution in [0, 0.1) is 0 Å². The number of benzene rings is 2. The van der Waals surface area contributed by atoms with E-state index < -0.39 is 16.1 Å². The van der Waals surface area contributed by atoms with Gasteiger partial charge in [-0.3, -0.25) is 13.9 Å². The molecule has 0 spiro atoms. The van der Waals surface area contributed by atoms with Gasteiger partial charge in [0, 0.05) is 26.6 Å². The van der Waals surface area contributed by atoms with E-state index in [1.807, 2.05) is 31.2 Å². The number of amides is 2. The second-order valence-electron chi connectivity index (χ2n) is 8.05. The number of rotatable bonds is 13. The summed E-state index contributed by atoms with van der Waals surface area (Å²) in [6.45, 7) is 2.21. The van der Waals surface area contributed by atoms with Gasteiger partial charge in [0.15, 0.2) is 0 Å². The van der Waals surface area contributed by atoms with Gasteiger partial charge < -0.3 is 19.7 Å². The van der Waals surface area contributed by atoms with Crippen molar-refractivity contribution in [3.63, 3.8) is 0 Å². The molecule has 0 saturated heterocycles. The Morgan fingerprint density at radius 2 is 1.69 bits per heavy atom. The zero-order valence-corrected chi connectivity index (χ0v) is 21.8. The standard InChI is InChI=1S/C25H35N3O6S/c1-6-23(25(30)26-2)27(18-19-9-7-10-22(17-19)34-4)24(29)11-8-16-28(35(5,31)32)20-12-14-21(33-3)15-13-20/h7,9-10,12-15,17,23H,6,8,11,16,18H2,1-5H3,(H,26,30). The van der Waals surface area contributed by atoms with E-state index >= 15 is 0 Å². The highest BCUT2D eigenvalue weighted by Gasteiger charge is 2.28. The highest BCUT2D eigenvalue weighted by molar-refractivity contribution is 7.92. The molecule has 0 aromatic heterocycles. The summed E-state index contributed by atoms with van der Waals surface area (Å²) >= 11 is 0. The molecule has 0 saturated carbocycles. The van der Waals surface area contributed by atoms with E-state index in [1.54, 1.807) is 36.3 Å². The quantitative estimate of drug-likeness (QED) is 0.449. The van der Waals surface area contributed by atoms with Gasteiger partial charge in [-0.15, -0.1) is 0 Å². The van der Waals surface area contributed by atoms with Crippen molar-refractivity contribution in [2.24, 2.45) is 0 Å². The van der Waals surface area contributed by atoms with Gasteiger partial charge in [-0.1, -0.05) is 19.1 Å². The molecule has 9 nitrogen and oxygen atoms in total. The minimum Gasteiger partial charge on any atom is -0.497 e. The van der Waals surface area contributed by atoms with Crippen LogP contribution in [0.15, 0.2) is 48.5 Å². The van der Waals surface area contributed by atoms with Crippen LogP contribution < -0.4 is 19.1 Å². The Labute approximate surface area is 208 Å². The Hall–Kier alpha value is -3.27. The number of ether oxygens (including phenoxy) is 2. The van der Waals surface area contributed by atoms with Crippen LogP contribution in [0.4, 0.5) is 5.69 Å². The molecule has 0 bridgehead atoms. The average Bonchev–Trinajstić information content (AvgIpc) is 2.85. The second kappa shape index (κ2) is 13.0. The van der Waals surface area contributed by atoms with Gasteiger partial charge in [-0.25, -0.2) is 8.42 Å². The molecule has 0 radical (unpaired) electrons. The molecule has 0 aliphatic carbocycles. The Balaban J connectivity index is 2.19. The molecule has 35 heavy (non-hydrogen) atoms. The van der Waals surface area contributed by atoms with Crippen molar-refractivity contribution in [1.29, 1.82) is 0 Å². The van der Waals surface area contributed by atoms with Crippen molar-refractivity contribution in [3.8, 4) is 11.5 Å². The van der Waals surface area contributed by atoms with Crippen molar-refractivity contribution in [2.75, 3.05) is 38.4 Å². The Morgan fingerprint density at radius 1 is 1.03 bits per heavy atom. The summed E-state index contributed by atoms with van der Waals surface area (Å²) in [4.78, 5) is 27.4. The molecule has 1 unspecified atom stereocenters. The predicted octanol–water partition coefficient (Wildman–Crippen LogP) is 2.80. The van der Waals surface area contributed by atoms with Crippen LogP contribution in [-0.4, -0.2) is 65.2 Å². The molecule has 2 rings (SSSR count). The maximum atomic E-state index is 13.3. The first kappa shape index (κ1) is 28.0. The van der Waals surface area contributed by atoms with Gasteiger partial charge in [0.1, 0.15) is 17.5 Å². The lowest BCUT2D eigenvalue weighted by Crippen LogP contribution is -2.48. The van der Waals surface area contributed by atoms with Crippen molar-refractivity contribution < 1.29 is 27.5 Å². The Kier molecular flexibility index (Phi) is 10.4. The minimum absolute atomic E-state index is 0.0830. The van der Waals surface area contributed by atoms with Crippen LogP contribution in [0.5, 0.6) is 11.5 Å². The van der Waals surface area contributed by atoms with E-state index in [4.69, 9.17) is 9.47 Å². The average molecular weight is 506 g/mol. The molecule has 192 valence electrons. The smallest absolute Gasteiger partial charge is 0.242 e. The fourth-order valence-electron chi connectivity index (χ4n) is 3.81. The van der Waals surface area contributed by atoms with Crippen LogP contribution in [0.25, 0.3) is 0 Å². The molecule has 2 amide bonds. The zero-order valence-electron chi connectivity index (χ0n) is 21.0. The van der Waals surface area contributed by atoms with E-state index in [0.29, 0.717) is 23.6 Å². The van der Waals surface area contributed by atoms with Crippen molar-refractivity contribution in [1.82, 2.24) is 10.2 Å². The summed E-state index contributed by atoms with van der Waals surface area (Å²) < 4.78 is 36.5. The van der Waals surface area contributed by atoms with Gasteiger partial charge in [0.2, 0.25) is 21.8 Å². The molecular weight excluding hydrogens is 470 g/mol. The first-order valence-electron chi connectivity index (χ1n) is 11.4. The molecule has 0 fully saturated rings. The molecule has 1 N–H and O–H groups in total. The molecular formula is C25H35N3O6S. The number of hydrogen-bond donors (Lipinski definition) is 1. The van der Waals surface area contributed by atoms with Crippen molar-refractivity contribution in [3.05, 3.63) is 54.1 Å². The highest BCUT2D eigenvalue weighted by atomic mass is 32.2. The van der Waals surface area contributed by atoms with Crippen LogP contribution in [0.1, 0.15) is 31.7 Å². The fraction of sp³-hybridized carbons (Fsp3) is 0.440. The third-order valence-electron chi connectivity index (χ3n) is 5.63. The van der Waals surface area contributed by atoms with Gasteiger partial charge in [0.25, 0.3) is 0 Å². The number of nitrogens with one attached hydrogen (secondary N) is 1. The van der Waals surface area contributed by atoms with Crippen LogP contribution in [-0.2, 0) is 26.2 Å². The van der Waals surface area contributed by atoms with Crippen LogP contribution in [0.3, 0.4) is 0 Å². The summed E-state index contributed by atoms with van der Waals surface area (Å²) in [5.74, 6) is 0.794. The number of anilines is 1. The third kappa shape index (κ3) is 7.88. The summed E-state index contributed by atoms with van der Waals surface area (Å²) in [6, 6.07) is 13.4. The Bertz CT molecular complexity index is 1090. The lowest BCUT2D eigenvalue weighted by atomic mass is 10.1. The van der Waals surface area contributed by atoms with Crippen LogP contribution in [0.2, 0.25) is 0 Å². The number of sulfonamides is 1. The van der Waals surface area contributed by atoms with E-state index in [2.05, 4.69) is 5.32 Å². The van der Waals surface area contributed by atoms with E-state index in [0.717, 1.165) is 11.8 Å². The molecule has 1 atom stereocenters. The number of likely N-dealkylation sites (N-methyl/N-ethyl adjacent to an activating group) is 1. The van der Waals surface area contributed by atoms with Gasteiger partial charge in [-0.05, 0) is 54.8 Å². The monoisotopic (exact) mass is 505 g/mol. The van der Waals surface area contributed by atoms with Crippen molar-refractivity contribution in [2.45, 2.75) is 38.8 Å². The zero-order chi connectivity index (χ0) is 26.0. The number of carbonyl (C=O) groups is 2. The molecule has 2 aromatic carbocycles. The van der Waals surface area contributed by atoms with E-state index in [-0.39, 0.29) is 37.7 Å². The minimum atomic E-state index is -3.56. The first-order chi connectivity index (χ1) is 16.6. The fourth-order valence-corrected chi connectivity index (χ4v) is 4.77. The lowest BCUT2D eigenvalue weighted by Gasteiger charge is -2.31. The SMILES string of the molecule is CCC(C(=O)NC)N(Cc1cccc(OC)c1)C(=O)CCCN(c1ccc(OC)cc1)S(C)(=O)=O. The summed E-state index contributed by atoms with van der Waals surface area (Å²) in [5, 5.41) is 2.63. The Morgan fingerprint density at radius 3 is 2.23 bits per heavy atom. The molecule has 0 aliphatic heterocycles. The maximum Gasteiger partial charge on any atom is 0.242 e. The van der Waals surface area contributed by atoms with E-state index in [9.17, 15) is 18.0 Å².